The summed E-state index contributed by atoms with van der Waals surface area (Å²) in [6.45, 7) is 5.73. The van der Waals surface area contributed by atoms with Gasteiger partial charge in [-0.25, -0.2) is 4.99 Å². The molecule has 0 aliphatic carbocycles. The number of benzene rings is 1. The first-order valence-electron chi connectivity index (χ1n) is 8.97. The highest BCUT2D eigenvalue weighted by atomic mass is 16.5. The van der Waals surface area contributed by atoms with E-state index < -0.39 is 17.9 Å². The molecule has 1 aromatic carbocycles. The van der Waals surface area contributed by atoms with Gasteiger partial charge in [-0.05, 0) is 38.7 Å². The number of aryl methyl sites for hydroxylation is 1. The lowest BCUT2D eigenvalue weighted by Crippen LogP contribution is -2.53. The zero-order valence-corrected chi connectivity index (χ0v) is 14.8. The fourth-order valence-corrected chi connectivity index (χ4v) is 3.43. The van der Waals surface area contributed by atoms with Crippen molar-refractivity contribution in [3.8, 4) is 0 Å². The lowest BCUT2D eigenvalue weighted by Gasteiger charge is -2.35. The average Bonchev–Trinajstić information content (AvgIpc) is 2.62. The van der Waals surface area contributed by atoms with E-state index in [-0.39, 0.29) is 12.5 Å². The van der Waals surface area contributed by atoms with Crippen molar-refractivity contribution in [2.75, 3.05) is 19.7 Å². The van der Waals surface area contributed by atoms with Crippen molar-refractivity contribution in [2.24, 2.45) is 10.9 Å². The second-order valence-corrected chi connectivity index (χ2v) is 6.58. The molecular weight excluding hydrogens is 318 g/mol. The number of nitrogens with one attached hydrogen (secondary N) is 1. The van der Waals surface area contributed by atoms with Crippen LogP contribution in [0.1, 0.15) is 43.4 Å². The highest BCUT2D eigenvalue weighted by molar-refractivity contribution is 6.08. The number of amides is 1. The van der Waals surface area contributed by atoms with Gasteiger partial charge in [-0.2, -0.15) is 0 Å². The molecule has 2 aliphatic heterocycles. The topological polar surface area (TPSA) is 71.0 Å². The van der Waals surface area contributed by atoms with E-state index in [4.69, 9.17) is 9.73 Å². The molecule has 1 amide bonds. The molecule has 0 spiro atoms. The van der Waals surface area contributed by atoms with E-state index in [1.807, 2.05) is 31.2 Å². The number of nitrogens with zero attached hydrogens (tertiary/aromatic N) is 2. The Hall–Kier alpha value is -2.37. The number of esters is 1. The first-order valence-corrected chi connectivity index (χ1v) is 8.97. The van der Waals surface area contributed by atoms with Gasteiger partial charge in [0.05, 0.1) is 6.61 Å². The van der Waals surface area contributed by atoms with Crippen molar-refractivity contribution in [2.45, 2.75) is 39.2 Å². The molecule has 3 rings (SSSR count). The number of carbonyl (C=O) groups excluding carboxylic acids is 2. The molecule has 2 atom stereocenters. The first kappa shape index (κ1) is 17.5. The van der Waals surface area contributed by atoms with Gasteiger partial charge in [0.1, 0.15) is 6.04 Å². The van der Waals surface area contributed by atoms with Crippen LogP contribution in [-0.4, -0.2) is 42.4 Å². The van der Waals surface area contributed by atoms with Gasteiger partial charge in [0, 0.05) is 13.1 Å². The van der Waals surface area contributed by atoms with Crippen LogP contribution in [0.25, 0.3) is 0 Å². The normalized spacial score (nSPS) is 23.7. The van der Waals surface area contributed by atoms with Gasteiger partial charge in [-0.15, -0.1) is 0 Å². The number of ether oxygens (including phenoxy) is 1. The largest absolute Gasteiger partial charge is 0.465 e. The van der Waals surface area contributed by atoms with E-state index in [1.165, 1.54) is 6.42 Å². The summed E-state index contributed by atoms with van der Waals surface area (Å²) in [7, 11) is 0. The number of carbonyl (C=O) groups is 2. The fraction of sp³-hybridized carbons (Fsp3) is 0.526. The molecule has 0 saturated carbocycles. The van der Waals surface area contributed by atoms with E-state index in [1.54, 1.807) is 6.92 Å². The van der Waals surface area contributed by atoms with E-state index in [9.17, 15) is 9.59 Å². The summed E-state index contributed by atoms with van der Waals surface area (Å²) in [5.74, 6) is -1.22. The van der Waals surface area contributed by atoms with Crippen molar-refractivity contribution in [1.82, 2.24) is 10.2 Å². The van der Waals surface area contributed by atoms with Crippen molar-refractivity contribution in [3.05, 3.63) is 35.4 Å². The number of piperidine rings is 1. The molecule has 0 bridgehead atoms. The van der Waals surface area contributed by atoms with Crippen molar-refractivity contribution < 1.29 is 14.3 Å². The van der Waals surface area contributed by atoms with Gasteiger partial charge >= 0.3 is 5.97 Å². The van der Waals surface area contributed by atoms with Gasteiger partial charge in [0.15, 0.2) is 5.92 Å². The summed E-state index contributed by atoms with van der Waals surface area (Å²) >= 11 is 0. The average molecular weight is 343 g/mol. The maximum atomic E-state index is 12.7. The van der Waals surface area contributed by atoms with Gasteiger partial charge in [0.2, 0.25) is 11.9 Å². The summed E-state index contributed by atoms with van der Waals surface area (Å²) in [6, 6.07) is 7.26. The summed E-state index contributed by atoms with van der Waals surface area (Å²) < 4.78 is 5.13. The lowest BCUT2D eigenvalue weighted by molar-refractivity contribution is -0.153. The van der Waals surface area contributed by atoms with E-state index in [2.05, 4.69) is 10.2 Å². The molecule has 1 fully saturated rings. The molecule has 134 valence electrons. The standard InChI is InChI=1S/C19H25N3O3/c1-3-25-18(24)15-16(14-9-7-8-13(2)12-14)20-19(21-17(15)23)22-10-5-4-6-11-22/h7-9,12,15-16H,3-6,10-11H2,1-2H3,(H,20,21,23)/t15-,16+/m1/s1. The zero-order chi connectivity index (χ0) is 17.8. The van der Waals surface area contributed by atoms with Gasteiger partial charge in [-0.1, -0.05) is 29.8 Å². The van der Waals surface area contributed by atoms with Gasteiger partial charge in [-0.3, -0.25) is 14.9 Å². The van der Waals surface area contributed by atoms with Crippen LogP contribution >= 0.6 is 0 Å². The number of guanidine groups is 1. The zero-order valence-electron chi connectivity index (χ0n) is 14.8. The van der Waals surface area contributed by atoms with Crippen LogP contribution in [-0.2, 0) is 14.3 Å². The summed E-state index contributed by atoms with van der Waals surface area (Å²) in [5.41, 5.74) is 1.93. The lowest BCUT2D eigenvalue weighted by atomic mass is 9.90. The summed E-state index contributed by atoms with van der Waals surface area (Å²) in [5, 5.41) is 2.83. The van der Waals surface area contributed by atoms with Crippen molar-refractivity contribution in [1.29, 1.82) is 0 Å². The molecule has 0 radical (unpaired) electrons. The number of likely N-dealkylation sites (tertiary alicyclic amines) is 1. The Morgan fingerprint density at radius 2 is 2.08 bits per heavy atom. The predicted molar refractivity (Wildman–Crippen MR) is 95.0 cm³/mol. The Labute approximate surface area is 148 Å². The van der Waals surface area contributed by atoms with Crippen molar-refractivity contribution >= 4 is 17.8 Å². The highest BCUT2D eigenvalue weighted by Crippen LogP contribution is 2.31. The highest BCUT2D eigenvalue weighted by Gasteiger charge is 2.42. The van der Waals surface area contributed by atoms with Crippen LogP contribution in [0.15, 0.2) is 29.3 Å². The monoisotopic (exact) mass is 343 g/mol. The second kappa shape index (κ2) is 7.68. The molecule has 25 heavy (non-hydrogen) atoms. The molecule has 1 saturated heterocycles. The maximum absolute atomic E-state index is 12.7. The van der Waals surface area contributed by atoms with Crippen LogP contribution < -0.4 is 5.32 Å². The minimum atomic E-state index is -0.949. The Kier molecular flexibility index (Phi) is 5.36. The van der Waals surface area contributed by atoms with E-state index in [0.29, 0.717) is 5.96 Å². The number of aliphatic imine (C=N–C) groups is 1. The Bertz CT molecular complexity index is 680. The maximum Gasteiger partial charge on any atom is 0.321 e. The van der Waals surface area contributed by atoms with Gasteiger partial charge < -0.3 is 9.64 Å². The second-order valence-electron chi connectivity index (χ2n) is 6.58. The van der Waals surface area contributed by atoms with Crippen LogP contribution in [0.5, 0.6) is 0 Å². The van der Waals surface area contributed by atoms with Crippen LogP contribution in [0.4, 0.5) is 0 Å². The third-order valence-electron chi connectivity index (χ3n) is 4.67. The molecule has 1 aromatic rings. The van der Waals surface area contributed by atoms with E-state index >= 15 is 0 Å². The third-order valence-corrected chi connectivity index (χ3v) is 4.67. The Balaban J connectivity index is 1.97. The van der Waals surface area contributed by atoms with Gasteiger partial charge in [0.25, 0.3) is 0 Å². The van der Waals surface area contributed by atoms with Crippen LogP contribution in [0.3, 0.4) is 0 Å². The fourth-order valence-electron chi connectivity index (χ4n) is 3.43. The minimum Gasteiger partial charge on any atom is -0.465 e. The summed E-state index contributed by atoms with van der Waals surface area (Å²) in [4.78, 5) is 32.0. The third kappa shape index (κ3) is 3.83. The molecule has 2 heterocycles. The van der Waals surface area contributed by atoms with E-state index in [0.717, 1.165) is 37.1 Å². The smallest absolute Gasteiger partial charge is 0.321 e. The predicted octanol–water partition coefficient (Wildman–Crippen LogP) is 2.19. The molecule has 6 heteroatoms. The molecule has 0 unspecified atom stereocenters. The number of rotatable bonds is 3. The number of hydrogen-bond acceptors (Lipinski definition) is 5. The quantitative estimate of drug-likeness (QED) is 0.675. The minimum absolute atomic E-state index is 0.242. The molecule has 1 N–H and O–H groups in total. The van der Waals surface area contributed by atoms with Crippen molar-refractivity contribution in [3.63, 3.8) is 0 Å². The molecule has 0 aromatic heterocycles. The van der Waals surface area contributed by atoms with Crippen LogP contribution in [0.2, 0.25) is 0 Å². The molecule has 6 nitrogen and oxygen atoms in total. The summed E-state index contributed by atoms with van der Waals surface area (Å²) in [6.07, 6.45) is 3.38. The number of hydrogen-bond donors (Lipinski definition) is 1. The molecular formula is C19H25N3O3. The molecule has 2 aliphatic rings. The SMILES string of the molecule is CCOC(=O)[C@H]1C(=O)NC(N2CCCCC2)=N[C@H]1c1cccc(C)c1. The Morgan fingerprint density at radius 3 is 2.76 bits per heavy atom. The van der Waals surface area contributed by atoms with Crippen LogP contribution in [0, 0.1) is 12.8 Å². The first-order chi connectivity index (χ1) is 12.1. The Morgan fingerprint density at radius 1 is 1.32 bits per heavy atom.